The molecule has 1 saturated heterocycles. The number of hydrogen-bond acceptors (Lipinski definition) is 5. The summed E-state index contributed by atoms with van der Waals surface area (Å²) in [7, 11) is 1.59. The van der Waals surface area contributed by atoms with Crippen LogP contribution in [-0.2, 0) is 0 Å². The van der Waals surface area contributed by atoms with Crippen LogP contribution in [0, 0.1) is 0 Å². The number of benzene rings is 2. The number of carbonyl (C=O) groups is 1. The van der Waals surface area contributed by atoms with Gasteiger partial charge in [-0.2, -0.15) is 0 Å². The summed E-state index contributed by atoms with van der Waals surface area (Å²) in [6, 6.07) is 15.4. The molecule has 0 unspecified atom stereocenters. The number of nitrogens with one attached hydrogen (secondary N) is 1. The lowest BCUT2D eigenvalue weighted by Gasteiger charge is -2.35. The number of fused-ring (bicyclic) bond motifs is 1. The van der Waals surface area contributed by atoms with Crippen molar-refractivity contribution >= 4 is 28.2 Å². The van der Waals surface area contributed by atoms with Crippen molar-refractivity contribution in [1.82, 2.24) is 9.88 Å². The second-order valence-corrected chi connectivity index (χ2v) is 7.12. The molecule has 1 amide bonds. The maximum absolute atomic E-state index is 13.0. The van der Waals surface area contributed by atoms with Gasteiger partial charge in [-0.1, -0.05) is 43.3 Å². The van der Waals surface area contributed by atoms with Gasteiger partial charge in [0.1, 0.15) is 11.6 Å². The first-order chi connectivity index (χ1) is 14.2. The highest BCUT2D eigenvalue weighted by molar-refractivity contribution is 6.14. The number of nitrogens with zero attached hydrogens (tertiary/aromatic N) is 3. The van der Waals surface area contributed by atoms with Crippen LogP contribution >= 0.6 is 0 Å². The molecule has 2 heterocycles. The Labute approximate surface area is 171 Å². The van der Waals surface area contributed by atoms with Crippen molar-refractivity contribution in [3.8, 4) is 5.75 Å². The number of hydrogen-bond donors (Lipinski definition) is 1. The van der Waals surface area contributed by atoms with Gasteiger partial charge in [-0.25, -0.2) is 4.98 Å². The molecule has 0 bridgehead atoms. The summed E-state index contributed by atoms with van der Waals surface area (Å²) >= 11 is 0. The standard InChI is InChI=1S/C23H26N4O2/c1-3-26-12-14-27(15-13-26)22-18-9-5-4-8-17(18)19(16-24-22)23(28)25-20-10-6-7-11-21(20)29-2/h4-11,16H,3,12-15H2,1-2H3,(H,25,28). The number of amides is 1. The Morgan fingerprint density at radius 3 is 2.45 bits per heavy atom. The molecule has 0 spiro atoms. The minimum absolute atomic E-state index is 0.194. The summed E-state index contributed by atoms with van der Waals surface area (Å²) in [4.78, 5) is 22.5. The van der Waals surface area contributed by atoms with E-state index in [1.807, 2.05) is 48.5 Å². The van der Waals surface area contributed by atoms with Crippen LogP contribution in [0.2, 0.25) is 0 Å². The summed E-state index contributed by atoms with van der Waals surface area (Å²) in [6.07, 6.45) is 1.69. The molecular weight excluding hydrogens is 364 g/mol. The van der Waals surface area contributed by atoms with E-state index in [1.165, 1.54) is 0 Å². The van der Waals surface area contributed by atoms with Gasteiger partial charge < -0.3 is 19.9 Å². The highest BCUT2D eigenvalue weighted by Gasteiger charge is 2.21. The molecule has 0 atom stereocenters. The first-order valence-corrected chi connectivity index (χ1v) is 10.0. The molecule has 150 valence electrons. The average molecular weight is 390 g/mol. The number of piperazine rings is 1. The van der Waals surface area contributed by atoms with E-state index in [4.69, 9.17) is 9.72 Å². The van der Waals surface area contributed by atoms with E-state index in [-0.39, 0.29) is 5.91 Å². The summed E-state index contributed by atoms with van der Waals surface area (Å²) in [5.74, 6) is 1.38. The lowest BCUT2D eigenvalue weighted by atomic mass is 10.1. The molecule has 0 radical (unpaired) electrons. The van der Waals surface area contributed by atoms with Crippen LogP contribution in [0.3, 0.4) is 0 Å². The first-order valence-electron chi connectivity index (χ1n) is 10.0. The van der Waals surface area contributed by atoms with Gasteiger partial charge in [-0.15, -0.1) is 0 Å². The number of likely N-dealkylation sites (N-methyl/N-ethyl adjacent to an activating group) is 1. The maximum Gasteiger partial charge on any atom is 0.257 e. The lowest BCUT2D eigenvalue weighted by molar-refractivity contribution is 0.102. The quantitative estimate of drug-likeness (QED) is 0.721. The number of ether oxygens (including phenoxy) is 1. The minimum atomic E-state index is -0.194. The predicted molar refractivity (Wildman–Crippen MR) is 117 cm³/mol. The zero-order valence-electron chi connectivity index (χ0n) is 16.9. The van der Waals surface area contributed by atoms with Crippen molar-refractivity contribution in [2.45, 2.75) is 6.92 Å². The fraction of sp³-hybridized carbons (Fsp3) is 0.304. The second kappa shape index (κ2) is 8.49. The maximum atomic E-state index is 13.0. The fourth-order valence-corrected chi connectivity index (χ4v) is 3.82. The number of pyridine rings is 1. The van der Waals surface area contributed by atoms with Crippen LogP contribution in [0.5, 0.6) is 5.75 Å². The van der Waals surface area contributed by atoms with Gasteiger partial charge in [-0.3, -0.25) is 4.79 Å². The van der Waals surface area contributed by atoms with Gasteiger partial charge in [-0.05, 0) is 24.1 Å². The molecule has 0 aliphatic carbocycles. The number of aromatic nitrogens is 1. The molecule has 4 rings (SSSR count). The number of methoxy groups -OCH3 is 1. The number of para-hydroxylation sites is 2. The number of rotatable bonds is 5. The Kier molecular flexibility index (Phi) is 5.62. The van der Waals surface area contributed by atoms with Gasteiger partial charge in [0.15, 0.2) is 0 Å². The Balaban J connectivity index is 1.65. The van der Waals surface area contributed by atoms with Gasteiger partial charge in [0.25, 0.3) is 5.91 Å². The minimum Gasteiger partial charge on any atom is -0.495 e. The van der Waals surface area contributed by atoms with E-state index in [1.54, 1.807) is 13.3 Å². The highest BCUT2D eigenvalue weighted by atomic mass is 16.5. The zero-order valence-corrected chi connectivity index (χ0v) is 16.9. The average Bonchev–Trinajstić information content (AvgIpc) is 2.78. The van der Waals surface area contributed by atoms with Crippen molar-refractivity contribution in [2.24, 2.45) is 0 Å². The van der Waals surface area contributed by atoms with E-state index < -0.39 is 0 Å². The highest BCUT2D eigenvalue weighted by Crippen LogP contribution is 2.29. The Bertz CT molecular complexity index is 1010. The normalized spacial score (nSPS) is 14.8. The van der Waals surface area contributed by atoms with Gasteiger partial charge in [0.05, 0.1) is 18.4 Å². The van der Waals surface area contributed by atoms with E-state index in [2.05, 4.69) is 22.0 Å². The van der Waals surface area contributed by atoms with Crippen molar-refractivity contribution < 1.29 is 9.53 Å². The van der Waals surface area contributed by atoms with Crippen molar-refractivity contribution in [1.29, 1.82) is 0 Å². The van der Waals surface area contributed by atoms with E-state index in [9.17, 15) is 4.79 Å². The molecule has 6 nitrogen and oxygen atoms in total. The Morgan fingerprint density at radius 2 is 1.72 bits per heavy atom. The Hall–Kier alpha value is -3.12. The SMILES string of the molecule is CCN1CCN(c2ncc(C(=O)Nc3ccccc3OC)c3ccccc23)CC1. The molecule has 1 N–H and O–H groups in total. The Morgan fingerprint density at radius 1 is 1.03 bits per heavy atom. The fourth-order valence-electron chi connectivity index (χ4n) is 3.82. The van der Waals surface area contributed by atoms with Crippen LogP contribution < -0.4 is 15.0 Å². The predicted octanol–water partition coefficient (Wildman–Crippen LogP) is 3.64. The van der Waals surface area contributed by atoms with Gasteiger partial charge in [0, 0.05) is 37.8 Å². The first kappa shape index (κ1) is 19.2. The topological polar surface area (TPSA) is 57.7 Å². The largest absolute Gasteiger partial charge is 0.495 e. The van der Waals surface area contributed by atoms with Gasteiger partial charge >= 0.3 is 0 Å². The molecule has 3 aromatic rings. The molecule has 0 saturated carbocycles. The summed E-state index contributed by atoms with van der Waals surface area (Å²) in [5, 5.41) is 4.87. The molecule has 1 aliphatic heterocycles. The monoisotopic (exact) mass is 390 g/mol. The smallest absolute Gasteiger partial charge is 0.257 e. The molecule has 29 heavy (non-hydrogen) atoms. The zero-order chi connectivity index (χ0) is 20.2. The third-order valence-electron chi connectivity index (χ3n) is 5.49. The van der Waals surface area contributed by atoms with Crippen molar-refractivity contribution in [3.63, 3.8) is 0 Å². The van der Waals surface area contributed by atoms with E-state index >= 15 is 0 Å². The third-order valence-corrected chi connectivity index (χ3v) is 5.49. The van der Waals surface area contributed by atoms with Crippen LogP contribution in [0.1, 0.15) is 17.3 Å². The molecule has 1 aliphatic rings. The second-order valence-electron chi connectivity index (χ2n) is 7.12. The summed E-state index contributed by atoms with van der Waals surface area (Å²) in [6.45, 7) is 7.21. The number of anilines is 2. The van der Waals surface area contributed by atoms with Crippen LogP contribution in [0.4, 0.5) is 11.5 Å². The molecule has 6 heteroatoms. The molecule has 1 aromatic heterocycles. The van der Waals surface area contributed by atoms with Crippen LogP contribution in [0.25, 0.3) is 10.8 Å². The van der Waals surface area contributed by atoms with Crippen molar-refractivity contribution in [2.75, 3.05) is 50.1 Å². The number of carbonyl (C=O) groups excluding carboxylic acids is 1. The van der Waals surface area contributed by atoms with Crippen molar-refractivity contribution in [3.05, 3.63) is 60.3 Å². The van der Waals surface area contributed by atoms with E-state index in [0.29, 0.717) is 17.0 Å². The lowest BCUT2D eigenvalue weighted by Crippen LogP contribution is -2.46. The molecular formula is C23H26N4O2. The van der Waals surface area contributed by atoms with Gasteiger partial charge in [0.2, 0.25) is 0 Å². The molecule has 1 fully saturated rings. The summed E-state index contributed by atoms with van der Waals surface area (Å²) in [5.41, 5.74) is 1.20. The van der Waals surface area contributed by atoms with E-state index in [0.717, 1.165) is 49.3 Å². The summed E-state index contributed by atoms with van der Waals surface area (Å²) < 4.78 is 5.34. The van der Waals surface area contributed by atoms with Crippen LogP contribution in [-0.4, -0.2) is 55.6 Å². The van der Waals surface area contributed by atoms with Crippen LogP contribution in [0.15, 0.2) is 54.7 Å². The molecule has 2 aromatic carbocycles. The third kappa shape index (κ3) is 3.89.